The number of anilines is 1. The van der Waals surface area contributed by atoms with Crippen LogP contribution >= 0.6 is 11.8 Å². The highest BCUT2D eigenvalue weighted by Gasteiger charge is 2.26. The molecule has 0 bridgehead atoms. The van der Waals surface area contributed by atoms with Crippen LogP contribution in [0, 0.1) is 0 Å². The fourth-order valence-electron chi connectivity index (χ4n) is 3.68. The predicted octanol–water partition coefficient (Wildman–Crippen LogP) is 2.14. The molecule has 0 spiro atoms. The van der Waals surface area contributed by atoms with Crippen molar-refractivity contribution in [2.24, 2.45) is 5.14 Å². The molecular weight excluding hydrogens is 410 g/mol. The number of benzene rings is 2. The fraction of sp³-hybridized carbons (Fsp3) is 0.350. The van der Waals surface area contributed by atoms with Crippen LogP contribution in [-0.4, -0.2) is 46.4 Å². The predicted molar refractivity (Wildman–Crippen MR) is 113 cm³/mol. The number of fused-ring (bicyclic) bond motifs is 1. The molecule has 7 nitrogen and oxygen atoms in total. The highest BCUT2D eigenvalue weighted by atomic mass is 32.2. The first-order valence-corrected chi connectivity index (χ1v) is 12.0. The SMILES string of the molecule is NS(=O)(=O)c1ccc(N2CCOCC2)c(C(=O)NC2CCSc3ccccc32)c1. The van der Waals surface area contributed by atoms with E-state index in [1.54, 1.807) is 17.8 Å². The number of nitrogens with one attached hydrogen (secondary N) is 1. The summed E-state index contributed by atoms with van der Waals surface area (Å²) in [7, 11) is -3.91. The van der Waals surface area contributed by atoms with Crippen LogP contribution in [0.5, 0.6) is 0 Å². The molecule has 1 unspecified atom stereocenters. The summed E-state index contributed by atoms with van der Waals surface area (Å²) in [6.45, 7) is 2.40. The van der Waals surface area contributed by atoms with Gasteiger partial charge in [-0.3, -0.25) is 4.79 Å². The van der Waals surface area contributed by atoms with Crippen molar-refractivity contribution >= 4 is 33.4 Å². The number of carbonyl (C=O) groups is 1. The number of carbonyl (C=O) groups excluding carboxylic acids is 1. The van der Waals surface area contributed by atoms with E-state index < -0.39 is 10.0 Å². The molecule has 1 amide bonds. The molecule has 2 aliphatic rings. The monoisotopic (exact) mass is 433 g/mol. The Morgan fingerprint density at radius 1 is 1.17 bits per heavy atom. The summed E-state index contributed by atoms with van der Waals surface area (Å²) in [6.07, 6.45) is 0.815. The van der Waals surface area contributed by atoms with E-state index in [9.17, 15) is 13.2 Å². The lowest BCUT2D eigenvalue weighted by molar-refractivity contribution is 0.0933. The van der Waals surface area contributed by atoms with Crippen LogP contribution < -0.4 is 15.4 Å². The Labute approximate surface area is 174 Å². The van der Waals surface area contributed by atoms with Crippen molar-refractivity contribution in [1.82, 2.24) is 5.32 Å². The fourth-order valence-corrected chi connectivity index (χ4v) is 5.35. The van der Waals surface area contributed by atoms with Gasteiger partial charge in [0.15, 0.2) is 0 Å². The minimum atomic E-state index is -3.91. The first-order chi connectivity index (χ1) is 13.9. The van der Waals surface area contributed by atoms with Gasteiger partial charge in [0.25, 0.3) is 5.91 Å². The van der Waals surface area contributed by atoms with Crippen LogP contribution in [0.3, 0.4) is 0 Å². The molecule has 0 aliphatic carbocycles. The standard InChI is InChI=1S/C20H23N3O4S2/c21-29(25,26)14-5-6-18(23-8-10-27-11-9-23)16(13-14)20(24)22-17-7-12-28-19-4-2-1-3-15(17)19/h1-6,13,17H,7-12H2,(H,22,24)(H2,21,25,26). The second kappa shape index (κ2) is 8.35. The van der Waals surface area contributed by atoms with Gasteiger partial charge in [0.2, 0.25) is 10.0 Å². The molecule has 9 heteroatoms. The van der Waals surface area contributed by atoms with Crippen molar-refractivity contribution in [2.45, 2.75) is 22.3 Å². The summed E-state index contributed by atoms with van der Waals surface area (Å²) >= 11 is 1.78. The molecule has 0 radical (unpaired) electrons. The number of nitrogens with zero attached hydrogens (tertiary/aromatic N) is 1. The van der Waals surface area contributed by atoms with Crippen LogP contribution in [0.25, 0.3) is 0 Å². The molecule has 4 rings (SSSR count). The molecule has 2 aromatic rings. The number of sulfonamides is 1. The summed E-state index contributed by atoms with van der Waals surface area (Å²) in [5.74, 6) is 0.610. The van der Waals surface area contributed by atoms with Crippen molar-refractivity contribution in [3.63, 3.8) is 0 Å². The van der Waals surface area contributed by atoms with Crippen molar-refractivity contribution < 1.29 is 17.9 Å². The van der Waals surface area contributed by atoms with Gasteiger partial charge in [-0.25, -0.2) is 13.6 Å². The van der Waals surface area contributed by atoms with Crippen LogP contribution in [0.1, 0.15) is 28.4 Å². The molecule has 2 aromatic carbocycles. The molecule has 2 aliphatic heterocycles. The van der Waals surface area contributed by atoms with E-state index in [1.165, 1.54) is 12.1 Å². The van der Waals surface area contributed by atoms with Gasteiger partial charge in [0, 0.05) is 29.4 Å². The Hall–Kier alpha value is -2.07. The molecule has 2 heterocycles. The zero-order valence-corrected chi connectivity index (χ0v) is 17.5. The number of hydrogen-bond donors (Lipinski definition) is 2. The second-order valence-electron chi connectivity index (χ2n) is 7.02. The second-order valence-corrected chi connectivity index (χ2v) is 9.72. The third-order valence-electron chi connectivity index (χ3n) is 5.16. The number of nitrogens with two attached hydrogens (primary N) is 1. The van der Waals surface area contributed by atoms with E-state index in [1.807, 2.05) is 23.1 Å². The maximum absolute atomic E-state index is 13.3. The molecule has 154 valence electrons. The summed E-state index contributed by atoms with van der Waals surface area (Å²) < 4.78 is 29.1. The van der Waals surface area contributed by atoms with Crippen molar-refractivity contribution in [1.29, 1.82) is 0 Å². The molecule has 29 heavy (non-hydrogen) atoms. The lowest BCUT2D eigenvalue weighted by atomic mass is 10.0. The van der Waals surface area contributed by atoms with Crippen LogP contribution in [-0.2, 0) is 14.8 Å². The molecule has 1 atom stereocenters. The van der Waals surface area contributed by atoms with Crippen LogP contribution in [0.15, 0.2) is 52.3 Å². The first kappa shape index (κ1) is 20.2. The van der Waals surface area contributed by atoms with E-state index >= 15 is 0 Å². The maximum atomic E-state index is 13.3. The number of thioether (sulfide) groups is 1. The number of rotatable bonds is 4. The number of primary sulfonamides is 1. The zero-order valence-electron chi connectivity index (χ0n) is 15.8. The zero-order chi connectivity index (χ0) is 20.4. The van der Waals surface area contributed by atoms with Crippen molar-refractivity contribution in [2.75, 3.05) is 37.0 Å². The highest BCUT2D eigenvalue weighted by Crippen LogP contribution is 2.36. The van der Waals surface area contributed by atoms with Gasteiger partial charge in [0.05, 0.1) is 29.7 Å². The van der Waals surface area contributed by atoms with E-state index in [2.05, 4.69) is 11.4 Å². The Morgan fingerprint density at radius 3 is 2.69 bits per heavy atom. The summed E-state index contributed by atoms with van der Waals surface area (Å²) in [6, 6.07) is 12.4. The average molecular weight is 434 g/mol. The molecule has 1 saturated heterocycles. The van der Waals surface area contributed by atoms with Gasteiger partial charge < -0.3 is 15.0 Å². The third-order valence-corrected chi connectivity index (χ3v) is 7.19. The Morgan fingerprint density at radius 2 is 1.93 bits per heavy atom. The van der Waals surface area contributed by atoms with Crippen molar-refractivity contribution in [3.8, 4) is 0 Å². The molecule has 1 fully saturated rings. The summed E-state index contributed by atoms with van der Waals surface area (Å²) in [4.78, 5) is 16.4. The van der Waals surface area contributed by atoms with Gasteiger partial charge >= 0.3 is 0 Å². The van der Waals surface area contributed by atoms with Gasteiger partial charge in [-0.15, -0.1) is 11.8 Å². The minimum Gasteiger partial charge on any atom is -0.378 e. The molecule has 0 saturated carbocycles. The smallest absolute Gasteiger partial charge is 0.253 e. The van der Waals surface area contributed by atoms with E-state index in [-0.39, 0.29) is 16.8 Å². The Kier molecular flexibility index (Phi) is 5.82. The topological polar surface area (TPSA) is 102 Å². The van der Waals surface area contributed by atoms with Crippen LogP contribution in [0.4, 0.5) is 5.69 Å². The van der Waals surface area contributed by atoms with Crippen LogP contribution in [0.2, 0.25) is 0 Å². The minimum absolute atomic E-state index is 0.0701. The number of morpholine rings is 1. The van der Waals surface area contributed by atoms with E-state index in [0.717, 1.165) is 22.6 Å². The number of amides is 1. The largest absolute Gasteiger partial charge is 0.378 e. The summed E-state index contributed by atoms with van der Waals surface area (Å²) in [5.41, 5.74) is 2.10. The van der Waals surface area contributed by atoms with Gasteiger partial charge in [-0.05, 0) is 36.2 Å². The van der Waals surface area contributed by atoms with Gasteiger partial charge in [-0.1, -0.05) is 18.2 Å². The van der Waals surface area contributed by atoms with E-state index in [0.29, 0.717) is 37.6 Å². The van der Waals surface area contributed by atoms with E-state index in [4.69, 9.17) is 9.88 Å². The molecule has 3 N–H and O–H groups in total. The highest BCUT2D eigenvalue weighted by molar-refractivity contribution is 7.99. The third kappa shape index (κ3) is 4.42. The molecular formula is C20H23N3O4S2. The summed E-state index contributed by atoms with van der Waals surface area (Å²) in [5, 5.41) is 8.41. The molecule has 0 aromatic heterocycles. The first-order valence-electron chi connectivity index (χ1n) is 9.45. The van der Waals surface area contributed by atoms with Gasteiger partial charge in [0.1, 0.15) is 0 Å². The lowest BCUT2D eigenvalue weighted by Crippen LogP contribution is -2.38. The maximum Gasteiger partial charge on any atom is 0.253 e. The lowest BCUT2D eigenvalue weighted by Gasteiger charge is -2.31. The number of ether oxygens (including phenoxy) is 1. The quantitative estimate of drug-likeness (QED) is 0.766. The Bertz CT molecular complexity index is 1020. The van der Waals surface area contributed by atoms with Crippen molar-refractivity contribution in [3.05, 3.63) is 53.6 Å². The average Bonchev–Trinajstić information content (AvgIpc) is 2.73. The van der Waals surface area contributed by atoms with Gasteiger partial charge in [-0.2, -0.15) is 0 Å². The number of hydrogen-bond acceptors (Lipinski definition) is 6. The Balaban J connectivity index is 1.67. The normalized spacial score (nSPS) is 19.5.